The molecule has 2 saturated carbocycles. The summed E-state index contributed by atoms with van der Waals surface area (Å²) in [6, 6.07) is 1.44. The van der Waals surface area contributed by atoms with E-state index in [0.717, 1.165) is 17.9 Å². The van der Waals surface area contributed by atoms with Crippen molar-refractivity contribution in [2.24, 2.45) is 11.8 Å². The maximum Gasteiger partial charge on any atom is 0.0260 e. The van der Waals surface area contributed by atoms with Crippen LogP contribution in [0.2, 0.25) is 0 Å². The van der Waals surface area contributed by atoms with Crippen LogP contribution in [-0.4, -0.2) is 37.7 Å². The minimum absolute atomic E-state index is 0.688. The minimum Gasteiger partial charge on any atom is -0.314 e. The van der Waals surface area contributed by atoms with Gasteiger partial charge in [0.05, 0.1) is 0 Å². The molecule has 4 unspecified atom stereocenters. The summed E-state index contributed by atoms with van der Waals surface area (Å²) in [7, 11) is 4.25. The number of nitrogens with zero attached hydrogens (tertiary/aromatic N) is 1. The Labute approximate surface area is 113 Å². The van der Waals surface area contributed by atoms with Crippen molar-refractivity contribution < 1.29 is 0 Å². The molecule has 2 aliphatic carbocycles. The van der Waals surface area contributed by atoms with Crippen LogP contribution in [0.3, 0.4) is 0 Å². The van der Waals surface area contributed by atoms with E-state index in [1.165, 1.54) is 51.5 Å². The molecule has 3 nitrogen and oxygen atoms in total. The van der Waals surface area contributed by atoms with Crippen LogP contribution in [0.15, 0.2) is 0 Å². The molecule has 0 saturated heterocycles. The third kappa shape index (κ3) is 3.46. The summed E-state index contributed by atoms with van der Waals surface area (Å²) in [5.41, 5.74) is 3.68. The van der Waals surface area contributed by atoms with Crippen LogP contribution in [0.25, 0.3) is 0 Å². The molecular formula is C15H31N3. The monoisotopic (exact) mass is 253 g/mol. The molecular weight excluding hydrogens is 222 g/mol. The van der Waals surface area contributed by atoms with E-state index in [1.807, 2.05) is 0 Å². The largest absolute Gasteiger partial charge is 0.314 e. The Hall–Kier alpha value is -0.120. The Morgan fingerprint density at radius 3 is 2.28 bits per heavy atom. The highest BCUT2D eigenvalue weighted by molar-refractivity contribution is 4.95. The van der Waals surface area contributed by atoms with Gasteiger partial charge < -0.3 is 5.32 Å². The zero-order valence-corrected chi connectivity index (χ0v) is 12.4. The topological polar surface area (TPSA) is 27.3 Å². The van der Waals surface area contributed by atoms with Crippen molar-refractivity contribution >= 4 is 0 Å². The summed E-state index contributed by atoms with van der Waals surface area (Å²) in [4.78, 5) is 0. The number of fused-ring (bicyclic) bond motifs is 1. The van der Waals surface area contributed by atoms with Crippen molar-refractivity contribution in [3.63, 3.8) is 0 Å². The second kappa shape index (κ2) is 6.88. The van der Waals surface area contributed by atoms with Gasteiger partial charge in [-0.05, 0) is 37.6 Å². The van der Waals surface area contributed by atoms with E-state index in [-0.39, 0.29) is 0 Å². The first kappa shape index (κ1) is 14.3. The zero-order chi connectivity index (χ0) is 13.0. The van der Waals surface area contributed by atoms with Gasteiger partial charge in [0.1, 0.15) is 0 Å². The molecule has 0 amide bonds. The zero-order valence-electron chi connectivity index (χ0n) is 12.4. The molecule has 18 heavy (non-hydrogen) atoms. The second-order valence-corrected chi connectivity index (χ2v) is 6.39. The maximum absolute atomic E-state index is 3.82. The van der Waals surface area contributed by atoms with Crippen molar-refractivity contribution in [1.82, 2.24) is 15.8 Å². The van der Waals surface area contributed by atoms with Crippen molar-refractivity contribution in [1.29, 1.82) is 0 Å². The van der Waals surface area contributed by atoms with E-state index in [2.05, 4.69) is 36.8 Å². The lowest BCUT2D eigenvalue weighted by Gasteiger charge is -2.47. The molecule has 0 radical (unpaired) electrons. The Kier molecular flexibility index (Phi) is 5.46. The van der Waals surface area contributed by atoms with Crippen LogP contribution in [0.1, 0.15) is 51.9 Å². The quantitative estimate of drug-likeness (QED) is 0.737. The van der Waals surface area contributed by atoms with Gasteiger partial charge in [-0.3, -0.25) is 10.4 Å². The molecule has 0 aromatic heterocycles. The molecule has 4 atom stereocenters. The lowest BCUT2D eigenvalue weighted by molar-refractivity contribution is 0.0557. The Morgan fingerprint density at radius 1 is 1.00 bits per heavy atom. The standard InChI is InChI=1S/C15H31N3/c1-4-11-16-13-9-5-7-12-8-6-10-14(15(12)13)17-18(2)3/h12-17H,4-11H2,1-3H3. The summed E-state index contributed by atoms with van der Waals surface area (Å²) >= 11 is 0. The molecule has 2 fully saturated rings. The smallest absolute Gasteiger partial charge is 0.0260 e. The summed E-state index contributed by atoms with van der Waals surface area (Å²) < 4.78 is 0. The SMILES string of the molecule is CCCNC1CCCC2CCCC(NN(C)C)C21. The van der Waals surface area contributed by atoms with E-state index in [4.69, 9.17) is 0 Å². The fourth-order valence-electron chi connectivity index (χ4n) is 4.10. The van der Waals surface area contributed by atoms with Gasteiger partial charge in [-0.25, -0.2) is 0 Å². The van der Waals surface area contributed by atoms with Crippen LogP contribution in [0.4, 0.5) is 0 Å². The van der Waals surface area contributed by atoms with Gasteiger partial charge in [0, 0.05) is 26.2 Å². The lowest BCUT2D eigenvalue weighted by atomic mass is 9.66. The number of nitrogens with one attached hydrogen (secondary N) is 2. The molecule has 2 N–H and O–H groups in total. The van der Waals surface area contributed by atoms with E-state index < -0.39 is 0 Å². The van der Waals surface area contributed by atoms with E-state index in [9.17, 15) is 0 Å². The summed E-state index contributed by atoms with van der Waals surface area (Å²) in [6.45, 7) is 3.45. The predicted molar refractivity (Wildman–Crippen MR) is 77.4 cm³/mol. The first-order valence-corrected chi connectivity index (χ1v) is 7.89. The van der Waals surface area contributed by atoms with Crippen LogP contribution in [0.5, 0.6) is 0 Å². The average Bonchev–Trinajstić information content (AvgIpc) is 2.35. The highest BCUT2D eigenvalue weighted by Crippen LogP contribution is 2.40. The second-order valence-electron chi connectivity index (χ2n) is 6.39. The first-order valence-electron chi connectivity index (χ1n) is 7.89. The van der Waals surface area contributed by atoms with Crippen molar-refractivity contribution in [2.45, 2.75) is 64.0 Å². The Morgan fingerprint density at radius 2 is 1.67 bits per heavy atom. The summed E-state index contributed by atoms with van der Waals surface area (Å²) in [6.07, 6.45) is 9.74. The molecule has 0 aliphatic heterocycles. The first-order chi connectivity index (χ1) is 8.72. The molecule has 0 spiro atoms. The highest BCUT2D eigenvalue weighted by atomic mass is 15.5. The van der Waals surface area contributed by atoms with Crippen molar-refractivity contribution in [2.75, 3.05) is 20.6 Å². The molecule has 0 aromatic carbocycles. The maximum atomic E-state index is 3.82. The van der Waals surface area contributed by atoms with Crippen LogP contribution < -0.4 is 10.7 Å². The Bertz CT molecular complexity index is 240. The van der Waals surface area contributed by atoms with Gasteiger partial charge in [-0.2, -0.15) is 0 Å². The van der Waals surface area contributed by atoms with Crippen molar-refractivity contribution in [3.05, 3.63) is 0 Å². The van der Waals surface area contributed by atoms with Gasteiger partial charge in [-0.1, -0.05) is 32.6 Å². The number of hydrazine groups is 1. The van der Waals surface area contributed by atoms with E-state index in [1.54, 1.807) is 0 Å². The molecule has 106 valence electrons. The van der Waals surface area contributed by atoms with E-state index >= 15 is 0 Å². The normalized spacial score (nSPS) is 36.7. The molecule has 3 heteroatoms. The molecule has 0 aromatic rings. The summed E-state index contributed by atoms with van der Waals surface area (Å²) in [5, 5.41) is 5.97. The lowest BCUT2D eigenvalue weighted by Crippen LogP contribution is -2.56. The average molecular weight is 253 g/mol. The summed E-state index contributed by atoms with van der Waals surface area (Å²) in [5.74, 6) is 1.81. The third-order valence-electron chi connectivity index (χ3n) is 4.73. The van der Waals surface area contributed by atoms with Gasteiger partial charge in [0.2, 0.25) is 0 Å². The van der Waals surface area contributed by atoms with Crippen LogP contribution in [0, 0.1) is 11.8 Å². The highest BCUT2D eigenvalue weighted by Gasteiger charge is 2.40. The molecule has 2 rings (SSSR count). The molecule has 2 aliphatic rings. The van der Waals surface area contributed by atoms with Gasteiger partial charge in [0.15, 0.2) is 0 Å². The Balaban J connectivity index is 2.01. The molecule has 0 bridgehead atoms. The van der Waals surface area contributed by atoms with Gasteiger partial charge in [-0.15, -0.1) is 0 Å². The molecule has 0 heterocycles. The fraction of sp³-hybridized carbons (Fsp3) is 1.00. The third-order valence-corrected chi connectivity index (χ3v) is 4.73. The number of hydrogen-bond acceptors (Lipinski definition) is 3. The number of rotatable bonds is 5. The fourth-order valence-corrected chi connectivity index (χ4v) is 4.10. The van der Waals surface area contributed by atoms with Gasteiger partial charge >= 0.3 is 0 Å². The van der Waals surface area contributed by atoms with Crippen LogP contribution >= 0.6 is 0 Å². The van der Waals surface area contributed by atoms with Gasteiger partial charge in [0.25, 0.3) is 0 Å². The van der Waals surface area contributed by atoms with Crippen molar-refractivity contribution in [3.8, 4) is 0 Å². The minimum atomic E-state index is 0.688. The number of hydrogen-bond donors (Lipinski definition) is 2. The van der Waals surface area contributed by atoms with E-state index in [0.29, 0.717) is 6.04 Å². The van der Waals surface area contributed by atoms with Crippen LogP contribution in [-0.2, 0) is 0 Å². The predicted octanol–water partition coefficient (Wildman–Crippen LogP) is 2.39.